The van der Waals surface area contributed by atoms with Crippen molar-refractivity contribution in [3.63, 3.8) is 0 Å². The van der Waals surface area contributed by atoms with Crippen LogP contribution in [0.2, 0.25) is 0 Å². The standard InChI is InChI=1S/C21H24O4/c1-13-10-16(6-7-18(13)23-4)20-14(2)17-11-15(8-9-22-3)12-19(24-5)21(17)25-20/h6-12,14,20H,1-5H3. The molecular formula is C21H24O4. The molecule has 1 heterocycles. The van der Waals surface area contributed by atoms with Gasteiger partial charge < -0.3 is 18.9 Å². The summed E-state index contributed by atoms with van der Waals surface area (Å²) in [5.74, 6) is 2.67. The third-order valence-electron chi connectivity index (χ3n) is 4.66. The zero-order valence-electron chi connectivity index (χ0n) is 15.3. The maximum Gasteiger partial charge on any atom is 0.165 e. The van der Waals surface area contributed by atoms with Gasteiger partial charge in [0.2, 0.25) is 0 Å². The van der Waals surface area contributed by atoms with Crippen LogP contribution >= 0.6 is 0 Å². The normalized spacial score (nSPS) is 18.8. The molecule has 2 atom stereocenters. The van der Waals surface area contributed by atoms with E-state index in [-0.39, 0.29) is 12.0 Å². The molecule has 4 nitrogen and oxygen atoms in total. The Labute approximate surface area is 149 Å². The van der Waals surface area contributed by atoms with Crippen molar-refractivity contribution in [2.75, 3.05) is 21.3 Å². The minimum Gasteiger partial charge on any atom is -0.504 e. The Bertz CT molecular complexity index is 795. The van der Waals surface area contributed by atoms with Crippen LogP contribution in [0.5, 0.6) is 17.2 Å². The third-order valence-corrected chi connectivity index (χ3v) is 4.66. The maximum atomic E-state index is 6.29. The number of hydrogen-bond acceptors (Lipinski definition) is 4. The molecule has 0 fully saturated rings. The summed E-state index contributed by atoms with van der Waals surface area (Å²) in [5, 5.41) is 0. The number of hydrogen-bond donors (Lipinski definition) is 0. The molecule has 0 aromatic heterocycles. The van der Waals surface area contributed by atoms with Crippen LogP contribution in [0.4, 0.5) is 0 Å². The Hall–Kier alpha value is -2.62. The molecule has 0 aliphatic carbocycles. The highest BCUT2D eigenvalue weighted by molar-refractivity contribution is 5.61. The molecule has 2 unspecified atom stereocenters. The van der Waals surface area contributed by atoms with Crippen LogP contribution in [0, 0.1) is 6.92 Å². The zero-order chi connectivity index (χ0) is 18.0. The van der Waals surface area contributed by atoms with Gasteiger partial charge in [0.25, 0.3) is 0 Å². The van der Waals surface area contributed by atoms with Gasteiger partial charge >= 0.3 is 0 Å². The Morgan fingerprint density at radius 3 is 2.40 bits per heavy atom. The summed E-state index contributed by atoms with van der Waals surface area (Å²) in [6, 6.07) is 10.3. The highest BCUT2D eigenvalue weighted by Gasteiger charge is 2.35. The van der Waals surface area contributed by atoms with Crippen LogP contribution in [0.3, 0.4) is 0 Å². The predicted octanol–water partition coefficient (Wildman–Crippen LogP) is 4.87. The van der Waals surface area contributed by atoms with Crippen molar-refractivity contribution >= 4 is 6.08 Å². The van der Waals surface area contributed by atoms with Gasteiger partial charge in [-0.15, -0.1) is 0 Å². The lowest BCUT2D eigenvalue weighted by Crippen LogP contribution is -2.07. The number of benzene rings is 2. The Kier molecular flexibility index (Phi) is 4.88. The van der Waals surface area contributed by atoms with E-state index in [4.69, 9.17) is 18.9 Å². The minimum atomic E-state index is -0.0461. The number of aryl methyl sites for hydroxylation is 1. The minimum absolute atomic E-state index is 0.0461. The molecule has 25 heavy (non-hydrogen) atoms. The van der Waals surface area contributed by atoms with Gasteiger partial charge in [-0.1, -0.05) is 13.0 Å². The average Bonchev–Trinajstić information content (AvgIpc) is 2.96. The maximum absolute atomic E-state index is 6.29. The second-order valence-electron chi connectivity index (χ2n) is 6.24. The van der Waals surface area contributed by atoms with Crippen molar-refractivity contribution in [1.29, 1.82) is 0 Å². The van der Waals surface area contributed by atoms with E-state index in [0.717, 1.165) is 39.5 Å². The fraction of sp³-hybridized carbons (Fsp3) is 0.333. The van der Waals surface area contributed by atoms with Crippen molar-refractivity contribution < 1.29 is 18.9 Å². The number of methoxy groups -OCH3 is 3. The molecule has 2 aromatic carbocycles. The van der Waals surface area contributed by atoms with Crippen LogP contribution in [-0.4, -0.2) is 21.3 Å². The van der Waals surface area contributed by atoms with Gasteiger partial charge in [0.05, 0.1) is 27.6 Å². The number of ether oxygens (including phenoxy) is 4. The molecule has 4 heteroatoms. The molecule has 0 bridgehead atoms. The second-order valence-corrected chi connectivity index (χ2v) is 6.24. The van der Waals surface area contributed by atoms with Gasteiger partial charge in [-0.3, -0.25) is 0 Å². The van der Waals surface area contributed by atoms with Gasteiger partial charge in [-0.25, -0.2) is 0 Å². The van der Waals surface area contributed by atoms with Crippen molar-refractivity contribution in [3.8, 4) is 17.2 Å². The van der Waals surface area contributed by atoms with E-state index < -0.39 is 0 Å². The lowest BCUT2D eigenvalue weighted by molar-refractivity contribution is 0.208. The molecule has 132 valence electrons. The lowest BCUT2D eigenvalue weighted by Gasteiger charge is -2.17. The first-order valence-electron chi connectivity index (χ1n) is 8.31. The Morgan fingerprint density at radius 2 is 1.76 bits per heavy atom. The Morgan fingerprint density at radius 1 is 1.00 bits per heavy atom. The summed E-state index contributed by atoms with van der Waals surface area (Å²) in [7, 11) is 4.99. The van der Waals surface area contributed by atoms with Crippen LogP contribution in [-0.2, 0) is 4.74 Å². The lowest BCUT2D eigenvalue weighted by atomic mass is 9.91. The van der Waals surface area contributed by atoms with Crippen LogP contribution in [0.1, 0.15) is 41.2 Å². The summed E-state index contributed by atoms with van der Waals surface area (Å²) >= 11 is 0. The van der Waals surface area contributed by atoms with E-state index >= 15 is 0 Å². The summed E-state index contributed by atoms with van der Waals surface area (Å²) in [5.41, 5.74) is 4.41. The predicted molar refractivity (Wildman–Crippen MR) is 98.6 cm³/mol. The quantitative estimate of drug-likeness (QED) is 0.728. The van der Waals surface area contributed by atoms with E-state index in [1.54, 1.807) is 27.6 Å². The number of rotatable bonds is 5. The molecule has 0 spiro atoms. The second kappa shape index (κ2) is 7.09. The first kappa shape index (κ1) is 17.2. The molecule has 3 rings (SSSR count). The highest BCUT2D eigenvalue weighted by Crippen LogP contribution is 2.51. The van der Waals surface area contributed by atoms with Crippen molar-refractivity contribution in [3.05, 3.63) is 58.8 Å². The van der Waals surface area contributed by atoms with E-state index in [2.05, 4.69) is 25.1 Å². The van der Waals surface area contributed by atoms with Gasteiger partial charge in [-0.2, -0.15) is 0 Å². The average molecular weight is 340 g/mol. The SMILES string of the molecule is COC=Cc1cc(OC)c2c(c1)C(C)C(c1ccc(OC)c(C)c1)O2. The fourth-order valence-corrected chi connectivity index (χ4v) is 3.33. The Balaban J connectivity index is 1.98. The topological polar surface area (TPSA) is 36.9 Å². The molecule has 0 saturated carbocycles. The summed E-state index contributed by atoms with van der Waals surface area (Å²) in [6.45, 7) is 4.22. The smallest absolute Gasteiger partial charge is 0.165 e. The van der Waals surface area contributed by atoms with E-state index in [9.17, 15) is 0 Å². The first-order chi connectivity index (χ1) is 12.1. The summed E-state index contributed by atoms with van der Waals surface area (Å²) < 4.78 is 22.2. The molecule has 0 radical (unpaired) electrons. The summed E-state index contributed by atoms with van der Waals surface area (Å²) in [4.78, 5) is 0. The molecule has 1 aliphatic rings. The molecule has 0 saturated heterocycles. The summed E-state index contributed by atoms with van der Waals surface area (Å²) in [6.07, 6.45) is 3.53. The van der Waals surface area contributed by atoms with E-state index in [1.165, 1.54) is 0 Å². The van der Waals surface area contributed by atoms with Crippen molar-refractivity contribution in [2.24, 2.45) is 0 Å². The number of fused-ring (bicyclic) bond motifs is 1. The molecular weight excluding hydrogens is 316 g/mol. The molecule has 1 aliphatic heterocycles. The monoisotopic (exact) mass is 340 g/mol. The molecule has 0 amide bonds. The molecule has 0 N–H and O–H groups in total. The molecule has 2 aromatic rings. The third kappa shape index (κ3) is 3.16. The van der Waals surface area contributed by atoms with Gasteiger partial charge in [-0.05, 0) is 54.0 Å². The van der Waals surface area contributed by atoms with Crippen molar-refractivity contribution in [2.45, 2.75) is 25.9 Å². The van der Waals surface area contributed by atoms with Gasteiger partial charge in [0.1, 0.15) is 11.9 Å². The zero-order valence-corrected chi connectivity index (χ0v) is 15.3. The van der Waals surface area contributed by atoms with Crippen molar-refractivity contribution in [1.82, 2.24) is 0 Å². The van der Waals surface area contributed by atoms with E-state index in [1.807, 2.05) is 25.1 Å². The fourth-order valence-electron chi connectivity index (χ4n) is 3.33. The van der Waals surface area contributed by atoms with E-state index in [0.29, 0.717) is 0 Å². The first-order valence-corrected chi connectivity index (χ1v) is 8.31. The van der Waals surface area contributed by atoms with Crippen LogP contribution in [0.25, 0.3) is 6.08 Å². The van der Waals surface area contributed by atoms with Gasteiger partial charge in [0.15, 0.2) is 11.5 Å². The largest absolute Gasteiger partial charge is 0.504 e. The highest BCUT2D eigenvalue weighted by atomic mass is 16.5. The van der Waals surface area contributed by atoms with Crippen LogP contribution < -0.4 is 14.2 Å². The van der Waals surface area contributed by atoms with Gasteiger partial charge in [0, 0.05) is 11.5 Å². The van der Waals surface area contributed by atoms with Crippen LogP contribution in [0.15, 0.2) is 36.6 Å².